The smallest absolute Gasteiger partial charge is 0.261 e. The second-order valence-electron chi connectivity index (χ2n) is 8.15. The van der Waals surface area contributed by atoms with Gasteiger partial charge in [-0.25, -0.2) is 0 Å². The minimum Gasteiger partial charge on any atom is -0.407 e. The van der Waals surface area contributed by atoms with Crippen molar-refractivity contribution in [1.82, 2.24) is 0 Å². The molecule has 2 aromatic rings. The fourth-order valence-electron chi connectivity index (χ4n) is 3.96. The Morgan fingerprint density at radius 3 is 1.96 bits per heavy atom. The third kappa shape index (κ3) is 3.74. The summed E-state index contributed by atoms with van der Waals surface area (Å²) in [6, 6.07) is 21.3. The number of hydrogen-bond donors (Lipinski definition) is 0. The zero-order valence-electron chi connectivity index (χ0n) is 15.9. The van der Waals surface area contributed by atoms with Gasteiger partial charge in [0.2, 0.25) is 0 Å². The van der Waals surface area contributed by atoms with Crippen LogP contribution in [0.2, 0.25) is 5.04 Å². The van der Waals surface area contributed by atoms with E-state index >= 15 is 0 Å². The highest BCUT2D eigenvalue weighted by atomic mass is 28.4. The molecule has 0 aliphatic heterocycles. The Morgan fingerprint density at radius 2 is 1.50 bits per heavy atom. The van der Waals surface area contributed by atoms with Crippen molar-refractivity contribution in [2.24, 2.45) is 5.92 Å². The van der Waals surface area contributed by atoms with Crippen LogP contribution in [0.1, 0.15) is 33.6 Å². The van der Waals surface area contributed by atoms with Crippen molar-refractivity contribution in [1.29, 1.82) is 0 Å². The molecule has 0 saturated heterocycles. The van der Waals surface area contributed by atoms with E-state index in [0.717, 1.165) is 6.42 Å². The van der Waals surface area contributed by atoms with Gasteiger partial charge in [-0.15, -0.1) is 0 Å². The second kappa shape index (κ2) is 7.73. The lowest BCUT2D eigenvalue weighted by molar-refractivity contribution is -0.116. The monoisotopic (exact) mass is 364 g/mol. The van der Waals surface area contributed by atoms with Crippen LogP contribution in [0.4, 0.5) is 0 Å². The molecule has 1 atom stereocenters. The van der Waals surface area contributed by atoms with E-state index in [1.807, 2.05) is 6.08 Å². The predicted molar refractivity (Wildman–Crippen MR) is 110 cm³/mol. The first kappa shape index (κ1) is 18.8. The molecule has 0 saturated carbocycles. The summed E-state index contributed by atoms with van der Waals surface area (Å²) in [5.41, 5.74) is 0. The molecule has 3 heteroatoms. The molecule has 0 amide bonds. The van der Waals surface area contributed by atoms with E-state index in [1.165, 1.54) is 10.4 Å². The average molecular weight is 365 g/mol. The van der Waals surface area contributed by atoms with Crippen molar-refractivity contribution < 1.29 is 9.22 Å². The Hall–Kier alpha value is -1.97. The summed E-state index contributed by atoms with van der Waals surface area (Å²) in [7, 11) is -2.49. The van der Waals surface area contributed by atoms with E-state index in [1.54, 1.807) is 6.08 Å². The number of carbonyl (C=O) groups excluding carboxylic acids is 1. The molecule has 0 unspecified atom stereocenters. The van der Waals surface area contributed by atoms with Crippen molar-refractivity contribution in [3.05, 3.63) is 72.8 Å². The molecule has 0 N–H and O–H groups in total. The zero-order chi connectivity index (χ0) is 18.6. The summed E-state index contributed by atoms with van der Waals surface area (Å²) in [6.07, 6.45) is 5.21. The maximum atomic E-state index is 11.8. The highest BCUT2D eigenvalue weighted by molar-refractivity contribution is 6.99. The normalized spacial score (nSPS) is 18.1. The molecule has 1 aliphatic rings. The van der Waals surface area contributed by atoms with Crippen LogP contribution in [0.15, 0.2) is 72.8 Å². The van der Waals surface area contributed by atoms with Crippen LogP contribution in [-0.2, 0) is 9.22 Å². The fraction of sp³-hybridized carbons (Fsp3) is 0.348. The zero-order valence-corrected chi connectivity index (χ0v) is 16.9. The van der Waals surface area contributed by atoms with Crippen molar-refractivity contribution in [2.75, 3.05) is 6.61 Å². The van der Waals surface area contributed by atoms with Crippen LogP contribution >= 0.6 is 0 Å². The van der Waals surface area contributed by atoms with Gasteiger partial charge in [0, 0.05) is 13.0 Å². The third-order valence-corrected chi connectivity index (χ3v) is 10.2. The predicted octanol–water partition coefficient (Wildman–Crippen LogP) is 4.10. The lowest BCUT2D eigenvalue weighted by atomic mass is 9.95. The number of ketones is 1. The summed E-state index contributed by atoms with van der Waals surface area (Å²) >= 11 is 0. The van der Waals surface area contributed by atoms with E-state index in [4.69, 9.17) is 4.43 Å². The average Bonchev–Trinajstić information content (AvgIpc) is 2.63. The molecule has 26 heavy (non-hydrogen) atoms. The Kier molecular flexibility index (Phi) is 5.59. The molecule has 1 aliphatic carbocycles. The Balaban J connectivity index is 2.03. The number of allylic oxidation sites excluding steroid dienone is 2. The van der Waals surface area contributed by atoms with Gasteiger partial charge in [-0.3, -0.25) is 4.79 Å². The molecule has 0 bridgehead atoms. The second-order valence-corrected chi connectivity index (χ2v) is 12.5. The lowest BCUT2D eigenvalue weighted by Crippen LogP contribution is -2.66. The Labute approximate surface area is 158 Å². The van der Waals surface area contributed by atoms with Crippen molar-refractivity contribution >= 4 is 24.5 Å². The van der Waals surface area contributed by atoms with Crippen LogP contribution in [-0.4, -0.2) is 20.7 Å². The maximum absolute atomic E-state index is 11.8. The molecule has 2 aromatic carbocycles. The third-order valence-electron chi connectivity index (χ3n) is 5.22. The van der Waals surface area contributed by atoms with Gasteiger partial charge in [-0.2, -0.15) is 0 Å². The first-order chi connectivity index (χ1) is 12.4. The van der Waals surface area contributed by atoms with E-state index < -0.39 is 8.32 Å². The lowest BCUT2D eigenvalue weighted by Gasteiger charge is -2.43. The molecule has 0 aromatic heterocycles. The van der Waals surface area contributed by atoms with E-state index in [-0.39, 0.29) is 16.7 Å². The summed E-state index contributed by atoms with van der Waals surface area (Å²) in [4.78, 5) is 11.8. The van der Waals surface area contributed by atoms with Crippen molar-refractivity contribution in [3.8, 4) is 0 Å². The number of rotatable bonds is 5. The van der Waals surface area contributed by atoms with Crippen molar-refractivity contribution in [3.63, 3.8) is 0 Å². The fourth-order valence-corrected chi connectivity index (χ4v) is 8.60. The molecule has 2 nitrogen and oxygen atoms in total. The first-order valence-corrected chi connectivity index (χ1v) is 11.3. The highest BCUT2D eigenvalue weighted by Crippen LogP contribution is 2.37. The summed E-state index contributed by atoms with van der Waals surface area (Å²) in [5, 5.41) is 2.55. The molecular formula is C23H28O2Si. The van der Waals surface area contributed by atoms with Gasteiger partial charge in [-0.1, -0.05) is 87.5 Å². The van der Waals surface area contributed by atoms with Crippen LogP contribution < -0.4 is 10.4 Å². The molecule has 0 radical (unpaired) electrons. The molecule has 0 spiro atoms. The van der Waals surface area contributed by atoms with Gasteiger partial charge in [0.15, 0.2) is 5.78 Å². The first-order valence-electron chi connectivity index (χ1n) is 9.38. The van der Waals surface area contributed by atoms with Gasteiger partial charge in [0.1, 0.15) is 0 Å². The van der Waals surface area contributed by atoms with Gasteiger partial charge < -0.3 is 4.43 Å². The largest absolute Gasteiger partial charge is 0.407 e. The number of hydrogen-bond acceptors (Lipinski definition) is 2. The molecule has 0 heterocycles. The quantitative estimate of drug-likeness (QED) is 0.747. The molecular weight excluding hydrogens is 336 g/mol. The van der Waals surface area contributed by atoms with E-state index in [2.05, 4.69) is 81.4 Å². The Morgan fingerprint density at radius 1 is 0.962 bits per heavy atom. The van der Waals surface area contributed by atoms with Crippen molar-refractivity contribution in [2.45, 2.75) is 38.7 Å². The highest BCUT2D eigenvalue weighted by Gasteiger charge is 2.50. The summed E-state index contributed by atoms with van der Waals surface area (Å²) in [5.74, 6) is 0.487. The molecule has 136 valence electrons. The molecule has 3 rings (SSSR count). The number of carbonyl (C=O) groups is 1. The van der Waals surface area contributed by atoms with Gasteiger partial charge in [0.25, 0.3) is 8.32 Å². The molecule has 0 fully saturated rings. The summed E-state index contributed by atoms with van der Waals surface area (Å²) in [6.45, 7) is 7.48. The maximum Gasteiger partial charge on any atom is 0.261 e. The number of benzene rings is 2. The van der Waals surface area contributed by atoms with Crippen LogP contribution in [0.25, 0.3) is 0 Å². The van der Waals surface area contributed by atoms with Gasteiger partial charge in [-0.05, 0) is 33.8 Å². The Bertz CT molecular complexity index is 720. The minimum atomic E-state index is -2.49. The van der Waals surface area contributed by atoms with Crippen LogP contribution in [0.5, 0.6) is 0 Å². The van der Waals surface area contributed by atoms with Gasteiger partial charge in [0.05, 0.1) is 0 Å². The standard InChI is InChI=1S/C23H28O2Si/c1-23(2,3)26(21-13-6-4-7-14-21,22-15-8-5-9-16-22)25-18-19-11-10-12-20(24)17-19/h4-10,12-16,19H,11,17-18H2,1-3H3/t19-/m0/s1. The van der Waals surface area contributed by atoms with Crippen LogP contribution in [0.3, 0.4) is 0 Å². The van der Waals surface area contributed by atoms with E-state index in [9.17, 15) is 4.79 Å². The van der Waals surface area contributed by atoms with E-state index in [0.29, 0.717) is 13.0 Å². The van der Waals surface area contributed by atoms with Crippen LogP contribution in [0, 0.1) is 5.92 Å². The van der Waals surface area contributed by atoms with Gasteiger partial charge >= 0.3 is 0 Å². The SMILES string of the molecule is CC(C)(C)[Si](OC[C@H]1CC=CC(=O)C1)(c1ccccc1)c1ccccc1. The summed E-state index contributed by atoms with van der Waals surface area (Å²) < 4.78 is 6.91. The minimum absolute atomic E-state index is 0.0236. The topological polar surface area (TPSA) is 26.3 Å².